The molecular weight excluding hydrogens is 160 g/mol. The highest BCUT2D eigenvalue weighted by Crippen LogP contribution is 2.05. The normalized spacial score (nSPS) is 29.1. The van der Waals surface area contributed by atoms with Crippen molar-refractivity contribution in [1.29, 1.82) is 0 Å². The third-order valence-electron chi connectivity index (χ3n) is 3.37. The largest absolute Gasteiger partial charge is 0.358 e. The number of hydrogen-bond donors (Lipinski definition) is 2. The molecule has 2 atom stereocenters. The summed E-state index contributed by atoms with van der Waals surface area (Å²) < 4.78 is 0. The van der Waals surface area contributed by atoms with Crippen LogP contribution in [0.4, 0.5) is 0 Å². The fourth-order valence-corrected chi connectivity index (χ4v) is 2.50. The van der Waals surface area contributed by atoms with Gasteiger partial charge in [-0.25, -0.2) is 0 Å². The number of unbranched alkanes of at least 4 members (excludes halogenated alkanes) is 1. The molecule has 1 fully saturated rings. The fraction of sp³-hybridized carbons (Fsp3) is 1.00. The zero-order valence-corrected chi connectivity index (χ0v) is 9.15. The molecule has 4 N–H and O–H groups in total. The second kappa shape index (κ2) is 6.39. The lowest BCUT2D eigenvalue weighted by Gasteiger charge is -2.31. The highest BCUT2D eigenvalue weighted by Gasteiger charge is 2.23. The predicted octanol–water partition coefficient (Wildman–Crippen LogP) is -0.144. The number of nitrogens with one attached hydrogen (secondary N) is 1. The summed E-state index contributed by atoms with van der Waals surface area (Å²) in [7, 11) is 0. The maximum atomic E-state index is 3.90. The molecule has 1 aliphatic rings. The average molecular weight is 186 g/mol. The van der Waals surface area contributed by atoms with E-state index in [0.717, 1.165) is 12.6 Å². The Morgan fingerprint density at radius 2 is 2.15 bits per heavy atom. The molecule has 1 heterocycles. The minimum Gasteiger partial charge on any atom is -0.358 e. The van der Waals surface area contributed by atoms with Gasteiger partial charge in [0.05, 0.1) is 25.7 Å². The van der Waals surface area contributed by atoms with E-state index >= 15 is 0 Å². The lowest BCUT2D eigenvalue weighted by Crippen LogP contribution is -3.16. The van der Waals surface area contributed by atoms with Crippen molar-refractivity contribution in [2.75, 3.05) is 19.6 Å². The van der Waals surface area contributed by atoms with Gasteiger partial charge in [-0.15, -0.1) is 0 Å². The Morgan fingerprint density at radius 1 is 1.31 bits per heavy atom. The van der Waals surface area contributed by atoms with Gasteiger partial charge in [0.1, 0.15) is 0 Å². The molecule has 2 nitrogen and oxygen atoms in total. The van der Waals surface area contributed by atoms with Gasteiger partial charge in [0.2, 0.25) is 0 Å². The Bertz CT molecular complexity index is 125. The summed E-state index contributed by atoms with van der Waals surface area (Å²) in [6.45, 7) is 6.28. The van der Waals surface area contributed by atoms with Crippen LogP contribution in [0.3, 0.4) is 0 Å². The molecule has 0 spiro atoms. The molecular formula is C11H26N2+2. The van der Waals surface area contributed by atoms with Crippen molar-refractivity contribution >= 4 is 0 Å². The Morgan fingerprint density at radius 3 is 2.85 bits per heavy atom. The molecule has 0 radical (unpaired) electrons. The monoisotopic (exact) mass is 186 g/mol. The first-order valence-electron chi connectivity index (χ1n) is 6.02. The van der Waals surface area contributed by atoms with Gasteiger partial charge >= 0.3 is 0 Å². The van der Waals surface area contributed by atoms with Crippen molar-refractivity contribution < 1.29 is 10.6 Å². The summed E-state index contributed by atoms with van der Waals surface area (Å²) in [5, 5.41) is 0. The SMILES string of the molecule is CC[C@@H]1CCCC[NH+]1CCCC[NH3+]. The van der Waals surface area contributed by atoms with Crippen LogP contribution in [0.5, 0.6) is 0 Å². The fourth-order valence-electron chi connectivity index (χ4n) is 2.50. The topological polar surface area (TPSA) is 32.1 Å². The zero-order chi connectivity index (χ0) is 9.52. The van der Waals surface area contributed by atoms with E-state index in [-0.39, 0.29) is 0 Å². The minimum atomic E-state index is 0.971. The van der Waals surface area contributed by atoms with Gasteiger partial charge < -0.3 is 10.6 Å². The molecule has 0 aliphatic carbocycles. The van der Waals surface area contributed by atoms with Crippen molar-refractivity contribution in [3.05, 3.63) is 0 Å². The van der Waals surface area contributed by atoms with Gasteiger partial charge in [-0.1, -0.05) is 6.92 Å². The van der Waals surface area contributed by atoms with E-state index < -0.39 is 0 Å². The van der Waals surface area contributed by atoms with Crippen LogP contribution in [-0.4, -0.2) is 25.7 Å². The van der Waals surface area contributed by atoms with Crippen molar-refractivity contribution in [2.45, 2.75) is 51.5 Å². The van der Waals surface area contributed by atoms with Crippen LogP contribution in [0.2, 0.25) is 0 Å². The van der Waals surface area contributed by atoms with E-state index in [9.17, 15) is 0 Å². The van der Waals surface area contributed by atoms with E-state index in [1.807, 2.05) is 4.90 Å². The van der Waals surface area contributed by atoms with Crippen LogP contribution < -0.4 is 10.6 Å². The van der Waals surface area contributed by atoms with E-state index in [1.165, 1.54) is 51.6 Å². The third kappa shape index (κ3) is 3.65. The van der Waals surface area contributed by atoms with E-state index in [0.29, 0.717) is 0 Å². The van der Waals surface area contributed by atoms with Crippen molar-refractivity contribution in [2.24, 2.45) is 0 Å². The summed E-state index contributed by atoms with van der Waals surface area (Å²) >= 11 is 0. The molecule has 1 saturated heterocycles. The number of quaternary nitrogens is 2. The average Bonchev–Trinajstić information content (AvgIpc) is 2.19. The molecule has 0 aromatic heterocycles. The number of piperidine rings is 1. The van der Waals surface area contributed by atoms with Gasteiger partial charge in [-0.2, -0.15) is 0 Å². The molecule has 1 unspecified atom stereocenters. The Hall–Kier alpha value is -0.0800. The number of rotatable bonds is 5. The molecule has 1 rings (SSSR count). The van der Waals surface area contributed by atoms with Crippen LogP contribution in [-0.2, 0) is 0 Å². The first-order chi connectivity index (χ1) is 6.38. The van der Waals surface area contributed by atoms with Crippen LogP contribution in [0.25, 0.3) is 0 Å². The summed E-state index contributed by atoms with van der Waals surface area (Å²) in [4.78, 5) is 1.88. The van der Waals surface area contributed by atoms with Gasteiger partial charge in [0.15, 0.2) is 0 Å². The van der Waals surface area contributed by atoms with Gasteiger partial charge in [-0.05, 0) is 25.7 Å². The molecule has 0 bridgehead atoms. The number of likely N-dealkylation sites (tertiary alicyclic amines) is 1. The first-order valence-corrected chi connectivity index (χ1v) is 6.02. The highest BCUT2D eigenvalue weighted by atomic mass is 15.2. The summed E-state index contributed by atoms with van der Waals surface area (Å²) in [5.41, 5.74) is 3.90. The quantitative estimate of drug-likeness (QED) is 0.560. The molecule has 13 heavy (non-hydrogen) atoms. The maximum Gasteiger partial charge on any atom is 0.0872 e. The minimum absolute atomic E-state index is 0.971. The zero-order valence-electron chi connectivity index (χ0n) is 9.15. The smallest absolute Gasteiger partial charge is 0.0872 e. The summed E-state index contributed by atoms with van der Waals surface area (Å²) in [6, 6.07) is 0.971. The lowest BCUT2D eigenvalue weighted by atomic mass is 10.00. The standard InChI is InChI=1S/C11H24N2/c1-2-11-7-3-5-9-13(11)10-6-4-8-12/h11H,2-10,12H2,1H3/p+2/t11-/m1/s1. The van der Waals surface area contributed by atoms with Crippen molar-refractivity contribution in [3.8, 4) is 0 Å². The summed E-state index contributed by atoms with van der Waals surface area (Å²) in [5.74, 6) is 0. The molecule has 0 saturated carbocycles. The third-order valence-corrected chi connectivity index (χ3v) is 3.37. The van der Waals surface area contributed by atoms with Gasteiger partial charge in [0, 0.05) is 12.8 Å². The van der Waals surface area contributed by atoms with Crippen LogP contribution in [0, 0.1) is 0 Å². The first kappa shape index (κ1) is 11.0. The van der Waals surface area contributed by atoms with Gasteiger partial charge in [0.25, 0.3) is 0 Å². The van der Waals surface area contributed by atoms with Crippen molar-refractivity contribution in [1.82, 2.24) is 0 Å². The molecule has 78 valence electrons. The van der Waals surface area contributed by atoms with Gasteiger partial charge in [-0.3, -0.25) is 0 Å². The molecule has 0 amide bonds. The van der Waals surface area contributed by atoms with E-state index in [1.54, 1.807) is 0 Å². The van der Waals surface area contributed by atoms with Crippen LogP contribution in [0.15, 0.2) is 0 Å². The molecule has 0 aromatic carbocycles. The van der Waals surface area contributed by atoms with Crippen molar-refractivity contribution in [3.63, 3.8) is 0 Å². The summed E-state index contributed by atoms with van der Waals surface area (Å²) in [6.07, 6.45) is 8.47. The highest BCUT2D eigenvalue weighted by molar-refractivity contribution is 4.59. The number of hydrogen-bond acceptors (Lipinski definition) is 0. The second-order valence-electron chi connectivity index (χ2n) is 4.32. The Kier molecular flexibility index (Phi) is 5.40. The molecule has 2 heteroatoms. The second-order valence-corrected chi connectivity index (χ2v) is 4.32. The van der Waals surface area contributed by atoms with Crippen LogP contribution >= 0.6 is 0 Å². The maximum absolute atomic E-state index is 3.90. The van der Waals surface area contributed by atoms with E-state index in [2.05, 4.69) is 12.7 Å². The Labute approximate surface area is 82.5 Å². The predicted molar refractivity (Wildman–Crippen MR) is 55.6 cm³/mol. The Balaban J connectivity index is 2.19. The lowest BCUT2D eigenvalue weighted by molar-refractivity contribution is -0.931. The molecule has 1 aliphatic heterocycles. The molecule has 0 aromatic rings. The van der Waals surface area contributed by atoms with Crippen LogP contribution in [0.1, 0.15) is 45.4 Å². The van der Waals surface area contributed by atoms with E-state index in [4.69, 9.17) is 0 Å².